The van der Waals surface area contributed by atoms with E-state index in [1.807, 2.05) is 6.92 Å². The summed E-state index contributed by atoms with van der Waals surface area (Å²) < 4.78 is 0. The van der Waals surface area contributed by atoms with Crippen LogP contribution in [-0.4, -0.2) is 18.1 Å². The van der Waals surface area contributed by atoms with Crippen LogP contribution in [-0.2, 0) is 0 Å². The van der Waals surface area contributed by atoms with Crippen molar-refractivity contribution in [3.63, 3.8) is 0 Å². The number of hydrogen-bond acceptors (Lipinski definition) is 3. The molecule has 0 atom stereocenters. The standard InChI is InChI=1S/C12H20N2S/c1-4-6-13-8-11(5-2)7-12-9-15-10(3)14-12/h7,9,13H,4-6,8H2,1-3H3. The molecule has 2 nitrogen and oxygen atoms in total. The maximum atomic E-state index is 4.44. The second kappa shape index (κ2) is 6.75. The van der Waals surface area contributed by atoms with E-state index in [0.29, 0.717) is 0 Å². The molecule has 0 aliphatic rings. The zero-order chi connectivity index (χ0) is 11.1. The van der Waals surface area contributed by atoms with E-state index in [2.05, 4.69) is 35.6 Å². The van der Waals surface area contributed by atoms with E-state index in [-0.39, 0.29) is 0 Å². The molecule has 1 heterocycles. The fourth-order valence-electron chi connectivity index (χ4n) is 1.36. The van der Waals surface area contributed by atoms with Crippen LogP contribution < -0.4 is 5.32 Å². The summed E-state index contributed by atoms with van der Waals surface area (Å²) >= 11 is 1.71. The molecule has 15 heavy (non-hydrogen) atoms. The lowest BCUT2D eigenvalue weighted by Gasteiger charge is -2.05. The summed E-state index contributed by atoms with van der Waals surface area (Å²) in [6.07, 6.45) is 4.48. The molecule has 1 aromatic heterocycles. The third kappa shape index (κ3) is 4.58. The summed E-state index contributed by atoms with van der Waals surface area (Å²) in [5, 5.41) is 6.67. The van der Waals surface area contributed by atoms with Crippen molar-refractivity contribution in [1.82, 2.24) is 10.3 Å². The zero-order valence-electron chi connectivity index (χ0n) is 9.84. The molecule has 0 bridgehead atoms. The molecule has 1 rings (SSSR count). The van der Waals surface area contributed by atoms with Gasteiger partial charge in [0.15, 0.2) is 0 Å². The minimum atomic E-state index is 0.987. The van der Waals surface area contributed by atoms with Gasteiger partial charge in [0.05, 0.1) is 10.7 Å². The van der Waals surface area contributed by atoms with E-state index >= 15 is 0 Å². The summed E-state index contributed by atoms with van der Waals surface area (Å²) in [5.41, 5.74) is 2.53. The van der Waals surface area contributed by atoms with Crippen LogP contribution in [0.25, 0.3) is 6.08 Å². The number of aromatic nitrogens is 1. The van der Waals surface area contributed by atoms with Crippen molar-refractivity contribution in [3.8, 4) is 0 Å². The van der Waals surface area contributed by atoms with E-state index in [9.17, 15) is 0 Å². The fraction of sp³-hybridized carbons (Fsp3) is 0.583. The monoisotopic (exact) mass is 224 g/mol. The first-order valence-corrected chi connectivity index (χ1v) is 6.46. The highest BCUT2D eigenvalue weighted by atomic mass is 32.1. The maximum Gasteiger partial charge on any atom is 0.0901 e. The molecule has 0 aliphatic heterocycles. The molecule has 0 radical (unpaired) electrons. The topological polar surface area (TPSA) is 24.9 Å². The molecule has 0 aromatic carbocycles. The van der Waals surface area contributed by atoms with Crippen molar-refractivity contribution in [1.29, 1.82) is 0 Å². The van der Waals surface area contributed by atoms with E-state index < -0.39 is 0 Å². The van der Waals surface area contributed by atoms with Crippen LogP contribution in [0.4, 0.5) is 0 Å². The third-order valence-corrected chi connectivity index (χ3v) is 3.01. The SMILES string of the molecule is CCCNCC(=Cc1csc(C)n1)CC. The van der Waals surface area contributed by atoms with Gasteiger partial charge >= 0.3 is 0 Å². The lowest BCUT2D eigenvalue weighted by molar-refractivity contribution is 0.705. The van der Waals surface area contributed by atoms with Gasteiger partial charge in [-0.2, -0.15) is 0 Å². The molecular formula is C12H20N2S. The van der Waals surface area contributed by atoms with Gasteiger partial charge < -0.3 is 5.32 Å². The molecule has 84 valence electrons. The average Bonchev–Trinajstić information content (AvgIpc) is 2.63. The Morgan fingerprint density at radius 3 is 2.87 bits per heavy atom. The first-order chi connectivity index (χ1) is 7.26. The van der Waals surface area contributed by atoms with Crippen molar-refractivity contribution in [3.05, 3.63) is 21.7 Å². The second-order valence-corrected chi connectivity index (χ2v) is 4.69. The van der Waals surface area contributed by atoms with Crippen LogP contribution in [0.3, 0.4) is 0 Å². The highest BCUT2D eigenvalue weighted by Crippen LogP contribution is 2.12. The molecule has 0 aliphatic carbocycles. The molecule has 0 fully saturated rings. The van der Waals surface area contributed by atoms with Crippen LogP contribution in [0, 0.1) is 6.92 Å². The normalized spacial score (nSPS) is 12.1. The number of rotatable bonds is 6. The largest absolute Gasteiger partial charge is 0.313 e. The average molecular weight is 224 g/mol. The lowest BCUT2D eigenvalue weighted by Crippen LogP contribution is -2.17. The van der Waals surface area contributed by atoms with Crippen LogP contribution in [0.1, 0.15) is 37.4 Å². The maximum absolute atomic E-state index is 4.44. The highest BCUT2D eigenvalue weighted by Gasteiger charge is 1.98. The van der Waals surface area contributed by atoms with E-state index in [4.69, 9.17) is 0 Å². The number of hydrogen-bond donors (Lipinski definition) is 1. The Bertz CT molecular complexity index is 315. The van der Waals surface area contributed by atoms with Gasteiger partial charge in [-0.1, -0.05) is 19.4 Å². The Morgan fingerprint density at radius 2 is 2.33 bits per heavy atom. The Labute approximate surface area is 96.4 Å². The van der Waals surface area contributed by atoms with Crippen molar-refractivity contribution in [2.45, 2.75) is 33.6 Å². The minimum Gasteiger partial charge on any atom is -0.313 e. The summed E-state index contributed by atoms with van der Waals surface area (Å²) in [7, 11) is 0. The van der Waals surface area contributed by atoms with Crippen molar-refractivity contribution in [2.75, 3.05) is 13.1 Å². The number of nitrogens with zero attached hydrogens (tertiary/aromatic N) is 1. The predicted octanol–water partition coefficient (Wildman–Crippen LogP) is 3.24. The van der Waals surface area contributed by atoms with Crippen LogP contribution in [0.15, 0.2) is 11.0 Å². The van der Waals surface area contributed by atoms with Crippen molar-refractivity contribution >= 4 is 17.4 Å². The van der Waals surface area contributed by atoms with Gasteiger partial charge in [-0.05, 0) is 32.4 Å². The van der Waals surface area contributed by atoms with Gasteiger partial charge in [0, 0.05) is 11.9 Å². The molecule has 0 saturated heterocycles. The zero-order valence-corrected chi connectivity index (χ0v) is 10.7. The van der Waals surface area contributed by atoms with Crippen molar-refractivity contribution < 1.29 is 0 Å². The summed E-state index contributed by atoms with van der Waals surface area (Å²) in [4.78, 5) is 4.44. The lowest BCUT2D eigenvalue weighted by atomic mass is 10.1. The minimum absolute atomic E-state index is 0.987. The first kappa shape index (κ1) is 12.4. The molecule has 1 N–H and O–H groups in total. The number of aryl methyl sites for hydroxylation is 1. The highest BCUT2D eigenvalue weighted by molar-refractivity contribution is 7.09. The second-order valence-electron chi connectivity index (χ2n) is 3.62. The Kier molecular flexibility index (Phi) is 5.58. The van der Waals surface area contributed by atoms with Crippen LogP contribution >= 0.6 is 11.3 Å². The van der Waals surface area contributed by atoms with Crippen LogP contribution in [0.2, 0.25) is 0 Å². The van der Waals surface area contributed by atoms with Gasteiger partial charge in [0.25, 0.3) is 0 Å². The van der Waals surface area contributed by atoms with E-state index in [0.717, 1.165) is 30.2 Å². The number of nitrogens with one attached hydrogen (secondary N) is 1. The Balaban J connectivity index is 2.53. The third-order valence-electron chi connectivity index (χ3n) is 2.22. The van der Waals surface area contributed by atoms with Gasteiger partial charge in [-0.3, -0.25) is 0 Å². The van der Waals surface area contributed by atoms with Gasteiger partial charge in [0.1, 0.15) is 0 Å². The van der Waals surface area contributed by atoms with Gasteiger partial charge in [-0.15, -0.1) is 11.3 Å². The fourth-order valence-corrected chi connectivity index (χ4v) is 1.93. The molecule has 3 heteroatoms. The number of thiazole rings is 1. The molecular weight excluding hydrogens is 204 g/mol. The predicted molar refractivity (Wildman–Crippen MR) is 68.3 cm³/mol. The van der Waals surface area contributed by atoms with Gasteiger partial charge in [0.2, 0.25) is 0 Å². The molecule has 0 saturated carbocycles. The molecule has 0 unspecified atom stereocenters. The van der Waals surface area contributed by atoms with Crippen molar-refractivity contribution in [2.24, 2.45) is 0 Å². The smallest absolute Gasteiger partial charge is 0.0901 e. The van der Waals surface area contributed by atoms with E-state index in [1.165, 1.54) is 12.0 Å². The van der Waals surface area contributed by atoms with Crippen LogP contribution in [0.5, 0.6) is 0 Å². The summed E-state index contributed by atoms with van der Waals surface area (Å²) in [5.74, 6) is 0. The molecule has 0 spiro atoms. The Morgan fingerprint density at radius 1 is 1.53 bits per heavy atom. The first-order valence-electron chi connectivity index (χ1n) is 5.58. The molecule has 1 aromatic rings. The summed E-state index contributed by atoms with van der Waals surface area (Å²) in [6, 6.07) is 0. The summed E-state index contributed by atoms with van der Waals surface area (Å²) in [6.45, 7) is 8.50. The quantitative estimate of drug-likeness (QED) is 0.750. The van der Waals surface area contributed by atoms with Gasteiger partial charge in [-0.25, -0.2) is 4.98 Å². The van der Waals surface area contributed by atoms with E-state index in [1.54, 1.807) is 11.3 Å². The Hall–Kier alpha value is -0.670. The molecule has 0 amide bonds.